The number of para-hydroxylation sites is 2. The summed E-state index contributed by atoms with van der Waals surface area (Å²) in [7, 11) is 0. The van der Waals surface area contributed by atoms with Crippen LogP contribution >= 0.6 is 0 Å². The van der Waals surface area contributed by atoms with Crippen molar-refractivity contribution in [1.82, 2.24) is 0 Å². The monoisotopic (exact) mass is 342 g/mol. The van der Waals surface area contributed by atoms with Crippen molar-refractivity contribution in [3.05, 3.63) is 60.7 Å². The molecule has 6 nitrogen and oxygen atoms in total. The number of hydrogen-bond acceptors (Lipinski definition) is 4. The third-order valence-corrected chi connectivity index (χ3v) is 3.34. The third kappa shape index (κ3) is 7.39. The first-order valence-electron chi connectivity index (χ1n) is 8.15. The van der Waals surface area contributed by atoms with Crippen LogP contribution < -0.4 is 10.6 Å². The predicted molar refractivity (Wildman–Crippen MR) is 96.7 cm³/mol. The number of nitrogens with one attached hydrogen (secondary N) is 2. The molecule has 2 amide bonds. The number of rotatable bonds is 7. The van der Waals surface area contributed by atoms with E-state index in [1.165, 1.54) is 0 Å². The molecular formula is C19H22N2O4. The van der Waals surface area contributed by atoms with E-state index in [0.717, 1.165) is 0 Å². The standard InChI is InChI=1S/C19H22N2O4/c1-15(25-19(23)21-17-12-6-3-7-13-17)9-8-14-24-18(22)20-16-10-4-2-5-11-16/h2-7,10-13,15H,8-9,14H2,1H3,(H,20,22)(H,21,23)/t15-/m0/s1. The molecule has 0 saturated heterocycles. The van der Waals surface area contributed by atoms with Crippen LogP contribution in [0, 0.1) is 0 Å². The molecule has 0 fully saturated rings. The lowest BCUT2D eigenvalue weighted by Crippen LogP contribution is -2.21. The van der Waals surface area contributed by atoms with E-state index in [1.807, 2.05) is 36.4 Å². The van der Waals surface area contributed by atoms with Crippen LogP contribution in [0.1, 0.15) is 19.8 Å². The highest BCUT2D eigenvalue weighted by atomic mass is 16.6. The van der Waals surface area contributed by atoms with Crippen molar-refractivity contribution in [2.45, 2.75) is 25.9 Å². The zero-order chi connectivity index (χ0) is 17.9. The van der Waals surface area contributed by atoms with E-state index in [4.69, 9.17) is 9.47 Å². The molecular weight excluding hydrogens is 320 g/mol. The van der Waals surface area contributed by atoms with Gasteiger partial charge in [-0.05, 0) is 44.0 Å². The summed E-state index contributed by atoms with van der Waals surface area (Å²) in [5.41, 5.74) is 1.36. The molecule has 132 valence electrons. The van der Waals surface area contributed by atoms with Gasteiger partial charge in [-0.15, -0.1) is 0 Å². The molecule has 2 aromatic carbocycles. The fourth-order valence-electron chi connectivity index (χ4n) is 2.12. The number of amides is 2. The van der Waals surface area contributed by atoms with Crippen LogP contribution in [0.15, 0.2) is 60.7 Å². The highest BCUT2D eigenvalue weighted by Crippen LogP contribution is 2.09. The largest absolute Gasteiger partial charge is 0.449 e. The lowest BCUT2D eigenvalue weighted by Gasteiger charge is -2.14. The number of anilines is 2. The molecule has 0 bridgehead atoms. The first kappa shape index (κ1) is 18.3. The molecule has 0 aromatic heterocycles. The van der Waals surface area contributed by atoms with Gasteiger partial charge in [0.2, 0.25) is 0 Å². The van der Waals surface area contributed by atoms with Gasteiger partial charge in [0.25, 0.3) is 0 Å². The van der Waals surface area contributed by atoms with Crippen molar-refractivity contribution in [3.63, 3.8) is 0 Å². The quantitative estimate of drug-likeness (QED) is 0.718. The molecule has 0 aliphatic heterocycles. The van der Waals surface area contributed by atoms with E-state index in [9.17, 15) is 9.59 Å². The Hall–Kier alpha value is -3.02. The molecule has 0 unspecified atom stereocenters. The van der Waals surface area contributed by atoms with Gasteiger partial charge in [-0.1, -0.05) is 36.4 Å². The number of hydrogen-bond donors (Lipinski definition) is 2. The van der Waals surface area contributed by atoms with E-state index < -0.39 is 12.2 Å². The molecule has 2 aromatic rings. The average molecular weight is 342 g/mol. The molecule has 0 radical (unpaired) electrons. The van der Waals surface area contributed by atoms with Crippen LogP contribution in [0.5, 0.6) is 0 Å². The summed E-state index contributed by atoms with van der Waals surface area (Å²) in [5, 5.41) is 5.29. The van der Waals surface area contributed by atoms with Gasteiger partial charge in [-0.2, -0.15) is 0 Å². The summed E-state index contributed by atoms with van der Waals surface area (Å²) in [5.74, 6) is 0. The van der Waals surface area contributed by atoms with E-state index in [0.29, 0.717) is 24.2 Å². The Morgan fingerprint density at radius 3 is 1.96 bits per heavy atom. The van der Waals surface area contributed by atoms with Crippen molar-refractivity contribution in [1.29, 1.82) is 0 Å². The van der Waals surface area contributed by atoms with E-state index in [1.54, 1.807) is 31.2 Å². The molecule has 0 spiro atoms. The van der Waals surface area contributed by atoms with Crippen molar-refractivity contribution in [3.8, 4) is 0 Å². The fraction of sp³-hybridized carbons (Fsp3) is 0.263. The van der Waals surface area contributed by atoms with Gasteiger partial charge in [-0.25, -0.2) is 9.59 Å². The number of ether oxygens (including phenoxy) is 2. The summed E-state index contributed by atoms with van der Waals surface area (Å²) < 4.78 is 10.3. The summed E-state index contributed by atoms with van der Waals surface area (Å²) in [6, 6.07) is 18.2. The van der Waals surface area contributed by atoms with Gasteiger partial charge < -0.3 is 9.47 Å². The molecule has 0 saturated carbocycles. The molecule has 1 atom stereocenters. The van der Waals surface area contributed by atoms with Gasteiger partial charge in [-0.3, -0.25) is 10.6 Å². The van der Waals surface area contributed by atoms with Crippen molar-refractivity contribution in [2.24, 2.45) is 0 Å². The summed E-state index contributed by atoms with van der Waals surface area (Å²) in [6.45, 7) is 2.06. The second-order valence-corrected chi connectivity index (χ2v) is 5.48. The van der Waals surface area contributed by atoms with Crippen LogP contribution in [-0.4, -0.2) is 24.9 Å². The van der Waals surface area contributed by atoms with Crippen molar-refractivity contribution >= 4 is 23.6 Å². The van der Waals surface area contributed by atoms with Crippen LogP contribution in [0.25, 0.3) is 0 Å². The Balaban J connectivity index is 1.58. The van der Waals surface area contributed by atoms with Gasteiger partial charge in [0, 0.05) is 11.4 Å². The molecule has 0 aliphatic carbocycles. The van der Waals surface area contributed by atoms with E-state index >= 15 is 0 Å². The Labute approximate surface area is 147 Å². The Morgan fingerprint density at radius 1 is 0.880 bits per heavy atom. The van der Waals surface area contributed by atoms with Gasteiger partial charge >= 0.3 is 12.2 Å². The van der Waals surface area contributed by atoms with Crippen molar-refractivity contribution < 1.29 is 19.1 Å². The van der Waals surface area contributed by atoms with E-state index in [-0.39, 0.29) is 12.7 Å². The minimum absolute atomic E-state index is 0.257. The molecule has 2 N–H and O–H groups in total. The van der Waals surface area contributed by atoms with Crippen LogP contribution in [0.2, 0.25) is 0 Å². The van der Waals surface area contributed by atoms with Gasteiger partial charge in [0.05, 0.1) is 6.61 Å². The highest BCUT2D eigenvalue weighted by molar-refractivity contribution is 5.85. The summed E-state index contributed by atoms with van der Waals surface area (Å²) in [4.78, 5) is 23.3. The summed E-state index contributed by atoms with van der Waals surface area (Å²) in [6.07, 6.45) is -0.0736. The number of benzene rings is 2. The predicted octanol–water partition coefficient (Wildman–Crippen LogP) is 4.65. The molecule has 25 heavy (non-hydrogen) atoms. The van der Waals surface area contributed by atoms with Crippen molar-refractivity contribution in [2.75, 3.05) is 17.2 Å². The fourth-order valence-corrected chi connectivity index (χ4v) is 2.12. The second kappa shape index (κ2) is 9.97. The molecule has 0 heterocycles. The maximum atomic E-state index is 11.7. The van der Waals surface area contributed by atoms with Gasteiger partial charge in [0.1, 0.15) is 6.10 Å². The zero-order valence-corrected chi connectivity index (χ0v) is 14.1. The minimum atomic E-state index is -0.499. The van der Waals surface area contributed by atoms with E-state index in [2.05, 4.69) is 10.6 Å². The number of carbonyl (C=O) groups is 2. The normalized spacial score (nSPS) is 11.2. The highest BCUT2D eigenvalue weighted by Gasteiger charge is 2.10. The lowest BCUT2D eigenvalue weighted by atomic mass is 10.2. The molecule has 6 heteroatoms. The van der Waals surface area contributed by atoms with Crippen LogP contribution in [-0.2, 0) is 9.47 Å². The lowest BCUT2D eigenvalue weighted by molar-refractivity contribution is 0.106. The van der Waals surface area contributed by atoms with Crippen LogP contribution in [0.4, 0.5) is 21.0 Å². The second-order valence-electron chi connectivity index (χ2n) is 5.48. The Morgan fingerprint density at radius 2 is 1.40 bits per heavy atom. The maximum absolute atomic E-state index is 11.7. The smallest absolute Gasteiger partial charge is 0.411 e. The minimum Gasteiger partial charge on any atom is -0.449 e. The summed E-state index contributed by atoms with van der Waals surface area (Å²) >= 11 is 0. The Kier molecular flexibility index (Phi) is 7.31. The topological polar surface area (TPSA) is 76.7 Å². The Bertz CT molecular complexity index is 662. The molecule has 2 rings (SSSR count). The maximum Gasteiger partial charge on any atom is 0.411 e. The molecule has 0 aliphatic rings. The average Bonchev–Trinajstić information content (AvgIpc) is 2.60. The van der Waals surface area contributed by atoms with Gasteiger partial charge in [0.15, 0.2) is 0 Å². The van der Waals surface area contributed by atoms with Crippen LogP contribution in [0.3, 0.4) is 0 Å². The third-order valence-electron chi connectivity index (χ3n) is 3.34. The first-order valence-corrected chi connectivity index (χ1v) is 8.15. The SMILES string of the molecule is C[C@@H](CCCOC(=O)Nc1ccccc1)OC(=O)Nc1ccccc1. The first-order chi connectivity index (χ1) is 12.1. The zero-order valence-electron chi connectivity index (χ0n) is 14.1. The number of carbonyl (C=O) groups excluding carboxylic acids is 2.